The molecule has 0 spiro atoms. The van der Waals surface area contributed by atoms with E-state index in [2.05, 4.69) is 29.1 Å². The highest BCUT2D eigenvalue weighted by Crippen LogP contribution is 2.25. The van der Waals surface area contributed by atoms with Crippen LogP contribution in [-0.2, 0) is 11.2 Å². The molecule has 2 unspecified atom stereocenters. The maximum Gasteiger partial charge on any atom is 0.185 e. The molecular formula is C11H19N3OS. The van der Waals surface area contributed by atoms with Crippen molar-refractivity contribution in [2.45, 2.75) is 32.4 Å². The minimum Gasteiger partial charge on any atom is -0.373 e. The Balaban J connectivity index is 2.11. The van der Waals surface area contributed by atoms with E-state index in [9.17, 15) is 0 Å². The zero-order valence-corrected chi connectivity index (χ0v) is 10.7. The molecule has 1 fully saturated rings. The van der Waals surface area contributed by atoms with Crippen molar-refractivity contribution in [2.75, 3.05) is 24.6 Å². The predicted molar refractivity (Wildman–Crippen MR) is 67.1 cm³/mol. The van der Waals surface area contributed by atoms with Crippen LogP contribution >= 0.6 is 11.3 Å². The Morgan fingerprint density at radius 1 is 1.69 bits per heavy atom. The van der Waals surface area contributed by atoms with Crippen LogP contribution in [0.1, 0.15) is 19.5 Å². The lowest BCUT2D eigenvalue weighted by atomic mass is 10.2. The van der Waals surface area contributed by atoms with Gasteiger partial charge in [0, 0.05) is 18.5 Å². The van der Waals surface area contributed by atoms with Crippen molar-refractivity contribution in [1.29, 1.82) is 0 Å². The lowest BCUT2D eigenvalue weighted by Crippen LogP contribution is -2.50. The number of aromatic nitrogens is 1. The number of thiazole rings is 1. The fourth-order valence-corrected chi connectivity index (χ4v) is 2.84. The second-order valence-corrected chi connectivity index (χ2v) is 5.00. The van der Waals surface area contributed by atoms with Crippen LogP contribution in [0.2, 0.25) is 0 Å². The lowest BCUT2D eigenvalue weighted by molar-refractivity contribution is 0.0283. The monoisotopic (exact) mass is 241 g/mol. The minimum absolute atomic E-state index is 0.144. The van der Waals surface area contributed by atoms with Crippen molar-refractivity contribution in [2.24, 2.45) is 5.73 Å². The summed E-state index contributed by atoms with van der Waals surface area (Å²) in [6, 6.07) is 0.388. The van der Waals surface area contributed by atoms with E-state index in [0.717, 1.165) is 24.7 Å². The van der Waals surface area contributed by atoms with Crippen LogP contribution in [0.25, 0.3) is 0 Å². The number of hydrogen-bond acceptors (Lipinski definition) is 5. The number of hydrogen-bond donors (Lipinski definition) is 1. The third-order valence-electron chi connectivity index (χ3n) is 2.92. The zero-order chi connectivity index (χ0) is 11.5. The van der Waals surface area contributed by atoms with Gasteiger partial charge in [-0.1, -0.05) is 6.92 Å². The zero-order valence-electron chi connectivity index (χ0n) is 9.85. The van der Waals surface area contributed by atoms with Crippen LogP contribution in [0.4, 0.5) is 5.13 Å². The van der Waals surface area contributed by atoms with E-state index in [1.54, 1.807) is 11.3 Å². The maximum absolute atomic E-state index is 5.65. The van der Waals surface area contributed by atoms with E-state index in [0.29, 0.717) is 12.6 Å². The first-order chi connectivity index (χ1) is 7.74. The molecule has 0 aliphatic carbocycles. The molecule has 0 saturated carbocycles. The largest absolute Gasteiger partial charge is 0.373 e. The number of anilines is 1. The van der Waals surface area contributed by atoms with E-state index in [4.69, 9.17) is 10.5 Å². The molecule has 1 aromatic rings. The smallest absolute Gasteiger partial charge is 0.185 e. The van der Waals surface area contributed by atoms with Gasteiger partial charge in [0.25, 0.3) is 0 Å². The van der Waals surface area contributed by atoms with Crippen molar-refractivity contribution in [3.05, 3.63) is 11.1 Å². The Kier molecular flexibility index (Phi) is 3.78. The topological polar surface area (TPSA) is 51.4 Å². The molecule has 2 atom stereocenters. The summed E-state index contributed by atoms with van der Waals surface area (Å²) in [6.07, 6.45) is 1.14. The highest BCUT2D eigenvalue weighted by Gasteiger charge is 2.27. The van der Waals surface area contributed by atoms with E-state index >= 15 is 0 Å². The summed E-state index contributed by atoms with van der Waals surface area (Å²) in [6.45, 7) is 6.47. The Bertz CT molecular complexity index is 342. The molecule has 2 heterocycles. The van der Waals surface area contributed by atoms with Gasteiger partial charge in [-0.25, -0.2) is 4.98 Å². The molecule has 2 N–H and O–H groups in total. The van der Waals surface area contributed by atoms with Crippen molar-refractivity contribution >= 4 is 16.5 Å². The summed E-state index contributed by atoms with van der Waals surface area (Å²) < 4.78 is 5.63. The summed E-state index contributed by atoms with van der Waals surface area (Å²) in [5.74, 6) is 0. The van der Waals surface area contributed by atoms with Crippen LogP contribution < -0.4 is 10.6 Å². The number of rotatable bonds is 3. The van der Waals surface area contributed by atoms with Gasteiger partial charge >= 0.3 is 0 Å². The summed E-state index contributed by atoms with van der Waals surface area (Å²) in [5.41, 5.74) is 6.82. The van der Waals surface area contributed by atoms with Crippen LogP contribution in [0.3, 0.4) is 0 Å². The number of nitrogens with zero attached hydrogens (tertiary/aromatic N) is 2. The quantitative estimate of drug-likeness (QED) is 0.865. The normalized spacial score (nSPS) is 26.1. The number of nitrogens with two attached hydrogens (primary N) is 1. The Morgan fingerprint density at radius 2 is 2.50 bits per heavy atom. The van der Waals surface area contributed by atoms with Gasteiger partial charge in [0.15, 0.2) is 5.13 Å². The molecular weight excluding hydrogens is 222 g/mol. The predicted octanol–water partition coefficient (Wildman–Crippen LogP) is 1.26. The molecule has 1 aliphatic rings. The second-order valence-electron chi connectivity index (χ2n) is 4.17. The standard InChI is InChI=1S/C11H19N3OS/c1-3-9-7-16-11(13-9)14-5-10(4-12)15-6-8(14)2/h7-8,10H,3-6,12H2,1-2H3. The minimum atomic E-state index is 0.144. The molecule has 1 saturated heterocycles. The SMILES string of the molecule is CCc1csc(N2CC(CN)OCC2C)n1. The molecule has 0 bridgehead atoms. The average molecular weight is 241 g/mol. The van der Waals surface area contributed by atoms with Crippen molar-refractivity contribution in [1.82, 2.24) is 4.98 Å². The molecule has 0 aromatic carbocycles. The van der Waals surface area contributed by atoms with Gasteiger partial charge in [0.1, 0.15) is 0 Å². The second kappa shape index (κ2) is 5.12. The van der Waals surface area contributed by atoms with Crippen LogP contribution in [0.5, 0.6) is 0 Å². The Hall–Kier alpha value is -0.650. The maximum atomic E-state index is 5.65. The van der Waals surface area contributed by atoms with E-state index in [-0.39, 0.29) is 6.10 Å². The van der Waals surface area contributed by atoms with Gasteiger partial charge in [0.2, 0.25) is 0 Å². The molecule has 90 valence electrons. The highest BCUT2D eigenvalue weighted by atomic mass is 32.1. The number of morpholine rings is 1. The molecule has 2 rings (SSSR count). The molecule has 1 aromatic heterocycles. The Labute approximate surface area is 100 Å². The molecule has 0 amide bonds. The molecule has 0 radical (unpaired) electrons. The van der Waals surface area contributed by atoms with E-state index in [1.165, 1.54) is 5.69 Å². The van der Waals surface area contributed by atoms with E-state index < -0.39 is 0 Å². The van der Waals surface area contributed by atoms with Gasteiger partial charge in [-0.3, -0.25) is 0 Å². The summed E-state index contributed by atoms with van der Waals surface area (Å²) in [4.78, 5) is 6.93. The van der Waals surface area contributed by atoms with Crippen LogP contribution in [0, 0.1) is 0 Å². The van der Waals surface area contributed by atoms with E-state index in [1.807, 2.05) is 0 Å². The fourth-order valence-electron chi connectivity index (χ4n) is 1.82. The highest BCUT2D eigenvalue weighted by molar-refractivity contribution is 7.13. The Morgan fingerprint density at radius 3 is 3.12 bits per heavy atom. The molecule has 16 heavy (non-hydrogen) atoms. The summed E-state index contributed by atoms with van der Waals surface area (Å²) >= 11 is 1.72. The summed E-state index contributed by atoms with van der Waals surface area (Å²) in [5, 5.41) is 3.24. The third-order valence-corrected chi connectivity index (χ3v) is 3.84. The van der Waals surface area contributed by atoms with Crippen molar-refractivity contribution in [3.63, 3.8) is 0 Å². The van der Waals surface area contributed by atoms with Gasteiger partial charge in [-0.05, 0) is 13.3 Å². The number of ether oxygens (including phenoxy) is 1. The molecule has 1 aliphatic heterocycles. The van der Waals surface area contributed by atoms with Gasteiger partial charge in [-0.2, -0.15) is 0 Å². The third kappa shape index (κ3) is 2.36. The molecule has 4 nitrogen and oxygen atoms in total. The first kappa shape index (κ1) is 11.8. The van der Waals surface area contributed by atoms with Crippen LogP contribution in [-0.4, -0.2) is 36.8 Å². The lowest BCUT2D eigenvalue weighted by Gasteiger charge is -2.37. The summed E-state index contributed by atoms with van der Waals surface area (Å²) in [7, 11) is 0. The molecule has 5 heteroatoms. The van der Waals surface area contributed by atoms with Crippen molar-refractivity contribution < 1.29 is 4.74 Å². The first-order valence-corrected chi connectivity index (χ1v) is 6.65. The first-order valence-electron chi connectivity index (χ1n) is 5.77. The van der Waals surface area contributed by atoms with Crippen LogP contribution in [0.15, 0.2) is 5.38 Å². The van der Waals surface area contributed by atoms with Gasteiger partial charge in [-0.15, -0.1) is 11.3 Å². The fraction of sp³-hybridized carbons (Fsp3) is 0.727. The van der Waals surface area contributed by atoms with Gasteiger partial charge in [0.05, 0.1) is 24.4 Å². The van der Waals surface area contributed by atoms with Gasteiger partial charge < -0.3 is 15.4 Å². The van der Waals surface area contributed by atoms with Crippen molar-refractivity contribution in [3.8, 4) is 0 Å². The average Bonchev–Trinajstić information content (AvgIpc) is 2.78. The number of aryl methyl sites for hydroxylation is 1.